The third kappa shape index (κ3) is 2.25. The van der Waals surface area contributed by atoms with Crippen molar-refractivity contribution in [2.75, 3.05) is 18.1 Å². The molecule has 1 N–H and O–H groups in total. The fourth-order valence-corrected chi connectivity index (χ4v) is 3.32. The topological polar surface area (TPSA) is 52.9 Å². The van der Waals surface area contributed by atoms with E-state index in [1.54, 1.807) is 18.4 Å². The Morgan fingerprint density at radius 1 is 1.56 bits per heavy atom. The number of rotatable bonds is 4. The standard InChI is InChI=1S/C13H15FN2OS/c1-18(17)13(6-3-7-13)9-16-12-5-2-4-11(14)10(12)8-15/h2,4-5,16H,3,6-7,9H2,1H3/t18-/m0/s1. The first-order valence-electron chi connectivity index (χ1n) is 5.85. The van der Waals surface area contributed by atoms with Crippen LogP contribution in [0.2, 0.25) is 0 Å². The number of benzene rings is 1. The molecule has 0 amide bonds. The van der Waals surface area contributed by atoms with Crippen LogP contribution in [0.15, 0.2) is 18.2 Å². The van der Waals surface area contributed by atoms with Gasteiger partial charge in [-0.2, -0.15) is 5.26 Å². The number of anilines is 1. The molecule has 1 aromatic rings. The number of hydrogen-bond acceptors (Lipinski definition) is 3. The monoisotopic (exact) mass is 266 g/mol. The van der Waals surface area contributed by atoms with E-state index < -0.39 is 16.6 Å². The Bertz CT molecular complexity index is 520. The third-order valence-corrected chi connectivity index (χ3v) is 5.37. The number of halogens is 1. The summed E-state index contributed by atoms with van der Waals surface area (Å²) in [6.07, 6.45) is 4.62. The minimum atomic E-state index is -0.909. The van der Waals surface area contributed by atoms with Crippen LogP contribution in [0.1, 0.15) is 24.8 Å². The van der Waals surface area contributed by atoms with E-state index in [9.17, 15) is 8.60 Å². The fraction of sp³-hybridized carbons (Fsp3) is 0.462. The maximum atomic E-state index is 13.4. The maximum Gasteiger partial charge on any atom is 0.143 e. The van der Waals surface area contributed by atoms with Gasteiger partial charge in [0.2, 0.25) is 0 Å². The minimum Gasteiger partial charge on any atom is -0.382 e. The van der Waals surface area contributed by atoms with Gasteiger partial charge >= 0.3 is 0 Å². The van der Waals surface area contributed by atoms with E-state index in [1.807, 2.05) is 6.07 Å². The quantitative estimate of drug-likeness (QED) is 0.910. The second kappa shape index (κ2) is 5.07. The Morgan fingerprint density at radius 2 is 2.28 bits per heavy atom. The number of nitriles is 1. The molecule has 1 aliphatic rings. The van der Waals surface area contributed by atoms with E-state index in [1.165, 1.54) is 6.07 Å². The molecule has 1 aromatic carbocycles. The van der Waals surface area contributed by atoms with Crippen LogP contribution in [-0.2, 0) is 10.8 Å². The lowest BCUT2D eigenvalue weighted by Gasteiger charge is -2.40. The summed E-state index contributed by atoms with van der Waals surface area (Å²) in [6.45, 7) is 0.522. The molecule has 3 nitrogen and oxygen atoms in total. The third-order valence-electron chi connectivity index (χ3n) is 3.60. The van der Waals surface area contributed by atoms with Gasteiger partial charge in [-0.1, -0.05) is 12.5 Å². The molecule has 2 rings (SSSR count). The zero-order valence-electron chi connectivity index (χ0n) is 10.2. The summed E-state index contributed by atoms with van der Waals surface area (Å²) in [7, 11) is -0.909. The molecule has 1 aliphatic carbocycles. The molecule has 18 heavy (non-hydrogen) atoms. The highest BCUT2D eigenvalue weighted by Gasteiger charge is 2.40. The summed E-state index contributed by atoms with van der Waals surface area (Å²) in [5, 5.41) is 12.0. The molecular formula is C13H15FN2OS. The Balaban J connectivity index is 2.14. The van der Waals surface area contributed by atoms with E-state index in [4.69, 9.17) is 5.26 Å². The average molecular weight is 266 g/mol. The second-order valence-corrected chi connectivity index (χ2v) is 6.39. The summed E-state index contributed by atoms with van der Waals surface area (Å²) >= 11 is 0. The number of nitrogens with zero attached hydrogens (tertiary/aromatic N) is 1. The van der Waals surface area contributed by atoms with Crippen LogP contribution in [0.3, 0.4) is 0 Å². The van der Waals surface area contributed by atoms with Gasteiger partial charge in [0.1, 0.15) is 17.4 Å². The Kier molecular flexibility index (Phi) is 3.67. The Hall–Kier alpha value is -1.41. The molecule has 0 spiro atoms. The van der Waals surface area contributed by atoms with Crippen molar-refractivity contribution in [3.63, 3.8) is 0 Å². The fourth-order valence-electron chi connectivity index (χ4n) is 2.18. The maximum absolute atomic E-state index is 13.4. The molecule has 5 heteroatoms. The van der Waals surface area contributed by atoms with Gasteiger partial charge in [-0.15, -0.1) is 0 Å². The van der Waals surface area contributed by atoms with Gasteiger partial charge in [-0.25, -0.2) is 4.39 Å². The smallest absolute Gasteiger partial charge is 0.143 e. The molecule has 0 radical (unpaired) electrons. The SMILES string of the molecule is C[S@](=O)C1(CNc2cccc(F)c2C#N)CCC1. The normalized spacial score (nSPS) is 18.5. The summed E-state index contributed by atoms with van der Waals surface area (Å²) in [5.74, 6) is -0.525. The Morgan fingerprint density at radius 3 is 2.78 bits per heavy atom. The van der Waals surface area contributed by atoms with Crippen LogP contribution in [-0.4, -0.2) is 21.8 Å². The van der Waals surface area contributed by atoms with Crippen molar-refractivity contribution in [2.24, 2.45) is 0 Å². The van der Waals surface area contributed by atoms with Crippen molar-refractivity contribution in [3.05, 3.63) is 29.6 Å². The van der Waals surface area contributed by atoms with Gasteiger partial charge in [0, 0.05) is 23.6 Å². The van der Waals surface area contributed by atoms with Crippen LogP contribution >= 0.6 is 0 Å². The average Bonchev–Trinajstić information content (AvgIpc) is 2.27. The zero-order chi connectivity index (χ0) is 13.2. The van der Waals surface area contributed by atoms with E-state index in [0.29, 0.717) is 12.2 Å². The van der Waals surface area contributed by atoms with Crippen molar-refractivity contribution in [3.8, 4) is 6.07 Å². The Labute approximate surface area is 108 Å². The first kappa shape index (κ1) is 13.0. The van der Waals surface area contributed by atoms with Crippen LogP contribution in [0.5, 0.6) is 0 Å². The van der Waals surface area contributed by atoms with Gasteiger partial charge < -0.3 is 5.32 Å². The largest absolute Gasteiger partial charge is 0.382 e. The van der Waals surface area contributed by atoms with Crippen LogP contribution in [0.25, 0.3) is 0 Å². The highest BCUT2D eigenvalue weighted by atomic mass is 32.2. The molecule has 1 atom stereocenters. The lowest BCUT2D eigenvalue weighted by atomic mass is 9.84. The first-order valence-corrected chi connectivity index (χ1v) is 7.41. The second-order valence-electron chi connectivity index (χ2n) is 4.62. The summed E-state index contributed by atoms with van der Waals surface area (Å²) in [4.78, 5) is 0. The molecule has 1 saturated carbocycles. The van der Waals surface area contributed by atoms with E-state index in [2.05, 4.69) is 5.32 Å². The predicted octanol–water partition coefficient (Wildman–Crippen LogP) is 2.41. The highest BCUT2D eigenvalue weighted by Crippen LogP contribution is 2.37. The van der Waals surface area contributed by atoms with Crippen molar-refractivity contribution < 1.29 is 8.60 Å². The van der Waals surface area contributed by atoms with Crippen LogP contribution in [0.4, 0.5) is 10.1 Å². The molecular weight excluding hydrogens is 251 g/mol. The van der Waals surface area contributed by atoms with Crippen LogP contribution in [0, 0.1) is 17.1 Å². The molecule has 0 unspecified atom stereocenters. The molecule has 96 valence electrons. The van der Waals surface area contributed by atoms with Crippen LogP contribution < -0.4 is 5.32 Å². The van der Waals surface area contributed by atoms with E-state index in [0.717, 1.165) is 19.3 Å². The summed E-state index contributed by atoms with van der Waals surface area (Å²) in [5.41, 5.74) is 0.503. The predicted molar refractivity (Wildman–Crippen MR) is 70.3 cm³/mol. The number of hydrogen-bond donors (Lipinski definition) is 1. The zero-order valence-corrected chi connectivity index (χ0v) is 11.0. The summed E-state index contributed by atoms with van der Waals surface area (Å²) < 4.78 is 24.9. The molecule has 0 aliphatic heterocycles. The van der Waals surface area contributed by atoms with Crippen molar-refractivity contribution in [1.82, 2.24) is 0 Å². The van der Waals surface area contributed by atoms with Gasteiger partial charge in [-0.3, -0.25) is 4.21 Å². The lowest BCUT2D eigenvalue weighted by Crippen LogP contribution is -2.47. The number of nitrogens with one attached hydrogen (secondary N) is 1. The van der Waals surface area contributed by atoms with Crippen molar-refractivity contribution in [2.45, 2.75) is 24.0 Å². The van der Waals surface area contributed by atoms with Crippen molar-refractivity contribution >= 4 is 16.5 Å². The molecule has 0 heterocycles. The molecule has 0 saturated heterocycles. The minimum absolute atomic E-state index is 0.0221. The van der Waals surface area contributed by atoms with E-state index in [-0.39, 0.29) is 10.3 Å². The lowest BCUT2D eigenvalue weighted by molar-refractivity contribution is 0.368. The van der Waals surface area contributed by atoms with Gasteiger partial charge in [0.05, 0.1) is 10.4 Å². The summed E-state index contributed by atoms with van der Waals surface area (Å²) in [6, 6.07) is 6.35. The van der Waals surface area contributed by atoms with E-state index >= 15 is 0 Å². The van der Waals surface area contributed by atoms with Crippen molar-refractivity contribution in [1.29, 1.82) is 5.26 Å². The molecule has 1 fully saturated rings. The van der Waals surface area contributed by atoms with Gasteiger partial charge in [0.15, 0.2) is 0 Å². The molecule has 0 aromatic heterocycles. The molecule has 0 bridgehead atoms. The van der Waals surface area contributed by atoms with Gasteiger partial charge in [0.25, 0.3) is 0 Å². The highest BCUT2D eigenvalue weighted by molar-refractivity contribution is 7.85. The van der Waals surface area contributed by atoms with Gasteiger partial charge in [-0.05, 0) is 25.0 Å². The first-order chi connectivity index (χ1) is 8.59.